The molecular formula is C13H12N4O3. The Bertz CT molecular complexity index is 593. The van der Waals surface area contributed by atoms with Crippen molar-refractivity contribution < 1.29 is 14.0 Å². The predicted molar refractivity (Wildman–Crippen MR) is 71.0 cm³/mol. The quantitative estimate of drug-likeness (QED) is 0.613. The summed E-state index contributed by atoms with van der Waals surface area (Å²) in [5.41, 5.74) is 3.05. The number of carbonyl (C=O) groups is 2. The maximum atomic E-state index is 11.5. The number of rotatable bonds is 5. The van der Waals surface area contributed by atoms with Gasteiger partial charge >= 0.3 is 0 Å². The van der Waals surface area contributed by atoms with Gasteiger partial charge in [0, 0.05) is 18.0 Å². The lowest BCUT2D eigenvalue weighted by Gasteiger charge is -2.01. The van der Waals surface area contributed by atoms with Crippen LogP contribution >= 0.6 is 0 Å². The first kappa shape index (κ1) is 13.5. The van der Waals surface area contributed by atoms with Gasteiger partial charge in [0.2, 0.25) is 0 Å². The average Bonchev–Trinajstić information content (AvgIpc) is 3.00. The molecule has 0 aliphatic heterocycles. The second kappa shape index (κ2) is 6.83. The summed E-state index contributed by atoms with van der Waals surface area (Å²) < 4.78 is 4.89. The lowest BCUT2D eigenvalue weighted by atomic mass is 10.3. The molecule has 2 rings (SSSR count). The molecule has 0 radical (unpaired) electrons. The van der Waals surface area contributed by atoms with Crippen molar-refractivity contribution in [3.63, 3.8) is 0 Å². The first-order valence-electron chi connectivity index (χ1n) is 5.79. The zero-order valence-electron chi connectivity index (χ0n) is 10.4. The van der Waals surface area contributed by atoms with E-state index in [2.05, 4.69) is 20.8 Å². The van der Waals surface area contributed by atoms with Crippen molar-refractivity contribution in [1.29, 1.82) is 0 Å². The summed E-state index contributed by atoms with van der Waals surface area (Å²) in [5.74, 6) is -0.747. The van der Waals surface area contributed by atoms with E-state index in [4.69, 9.17) is 4.42 Å². The smallest absolute Gasteiger partial charge is 0.287 e. The van der Waals surface area contributed by atoms with Crippen LogP contribution in [0.1, 0.15) is 16.1 Å². The molecule has 0 spiro atoms. The molecule has 0 aromatic carbocycles. The highest BCUT2D eigenvalue weighted by Crippen LogP contribution is 1.98. The van der Waals surface area contributed by atoms with Gasteiger partial charge in [0.05, 0.1) is 19.0 Å². The normalized spacial score (nSPS) is 10.4. The standard InChI is InChI=1S/C13H12N4O3/c18-12(9-15-13(19)11-4-2-6-20-11)17-16-8-10-3-1-5-14-7-10/h1-8H,9H2,(H,15,19)(H,17,18)/b16-8+. The van der Waals surface area contributed by atoms with E-state index in [1.165, 1.54) is 18.5 Å². The van der Waals surface area contributed by atoms with Crippen LogP contribution in [-0.2, 0) is 4.79 Å². The van der Waals surface area contributed by atoms with Crippen molar-refractivity contribution in [2.24, 2.45) is 5.10 Å². The van der Waals surface area contributed by atoms with E-state index in [-0.39, 0.29) is 12.3 Å². The summed E-state index contributed by atoms with van der Waals surface area (Å²) in [6.45, 7) is -0.191. The minimum absolute atomic E-state index is 0.150. The van der Waals surface area contributed by atoms with Crippen LogP contribution in [0.15, 0.2) is 52.4 Å². The van der Waals surface area contributed by atoms with Crippen LogP contribution in [0.5, 0.6) is 0 Å². The number of amides is 2. The van der Waals surface area contributed by atoms with Crippen molar-refractivity contribution >= 4 is 18.0 Å². The van der Waals surface area contributed by atoms with E-state index < -0.39 is 11.8 Å². The third-order valence-corrected chi connectivity index (χ3v) is 2.24. The molecule has 2 heterocycles. The van der Waals surface area contributed by atoms with Gasteiger partial charge in [0.25, 0.3) is 11.8 Å². The molecule has 2 amide bonds. The Balaban J connectivity index is 1.73. The zero-order chi connectivity index (χ0) is 14.2. The number of pyridine rings is 1. The van der Waals surface area contributed by atoms with Gasteiger partial charge in [-0.05, 0) is 18.2 Å². The summed E-state index contributed by atoms with van der Waals surface area (Å²) in [4.78, 5) is 26.8. The molecule has 20 heavy (non-hydrogen) atoms. The van der Waals surface area contributed by atoms with Crippen molar-refractivity contribution in [1.82, 2.24) is 15.7 Å². The molecular weight excluding hydrogens is 260 g/mol. The number of aromatic nitrogens is 1. The number of furan rings is 1. The Morgan fingerprint density at radius 3 is 2.95 bits per heavy atom. The lowest BCUT2D eigenvalue weighted by molar-refractivity contribution is -0.120. The third-order valence-electron chi connectivity index (χ3n) is 2.24. The fraction of sp³-hybridized carbons (Fsp3) is 0.0769. The number of hydrogen-bond donors (Lipinski definition) is 2. The van der Waals surface area contributed by atoms with Gasteiger partial charge in [0.1, 0.15) is 0 Å². The van der Waals surface area contributed by atoms with Crippen molar-refractivity contribution in [2.75, 3.05) is 6.54 Å². The highest BCUT2D eigenvalue weighted by atomic mass is 16.3. The summed E-state index contributed by atoms with van der Waals surface area (Å²) in [5, 5.41) is 6.15. The molecule has 7 nitrogen and oxygen atoms in total. The predicted octanol–water partition coefficient (Wildman–Crippen LogP) is 0.555. The van der Waals surface area contributed by atoms with Crippen LogP contribution in [-0.4, -0.2) is 29.6 Å². The van der Waals surface area contributed by atoms with E-state index in [0.717, 1.165) is 5.56 Å². The maximum Gasteiger partial charge on any atom is 0.287 e. The third kappa shape index (κ3) is 4.05. The van der Waals surface area contributed by atoms with Crippen LogP contribution in [0.2, 0.25) is 0 Å². The van der Waals surface area contributed by atoms with Crippen LogP contribution in [0.3, 0.4) is 0 Å². The highest BCUT2D eigenvalue weighted by molar-refractivity contribution is 5.94. The van der Waals surface area contributed by atoms with E-state index in [1.54, 1.807) is 30.6 Å². The Morgan fingerprint density at radius 1 is 1.35 bits per heavy atom. The number of hydrogen-bond acceptors (Lipinski definition) is 5. The topological polar surface area (TPSA) is 96.6 Å². The second-order valence-electron chi connectivity index (χ2n) is 3.74. The zero-order valence-corrected chi connectivity index (χ0v) is 10.4. The molecule has 102 valence electrons. The molecule has 0 bridgehead atoms. The fourth-order valence-electron chi connectivity index (χ4n) is 1.33. The van der Waals surface area contributed by atoms with Crippen LogP contribution < -0.4 is 10.7 Å². The molecule has 2 aromatic rings. The van der Waals surface area contributed by atoms with Crippen molar-refractivity contribution in [2.45, 2.75) is 0 Å². The second-order valence-corrected chi connectivity index (χ2v) is 3.74. The molecule has 0 saturated carbocycles. The van der Waals surface area contributed by atoms with Crippen molar-refractivity contribution in [3.8, 4) is 0 Å². The van der Waals surface area contributed by atoms with E-state index in [0.29, 0.717) is 0 Å². The summed E-state index contributed by atoms with van der Waals surface area (Å²) in [7, 11) is 0. The van der Waals surface area contributed by atoms with Gasteiger partial charge in [-0.2, -0.15) is 5.10 Å². The van der Waals surface area contributed by atoms with Gasteiger partial charge < -0.3 is 9.73 Å². The Morgan fingerprint density at radius 2 is 2.25 bits per heavy atom. The maximum absolute atomic E-state index is 11.5. The van der Waals surface area contributed by atoms with Crippen LogP contribution in [0.25, 0.3) is 0 Å². The SMILES string of the molecule is O=C(CNC(=O)c1ccco1)N/N=C/c1cccnc1. The van der Waals surface area contributed by atoms with Crippen molar-refractivity contribution in [3.05, 3.63) is 54.2 Å². The Labute approximate surface area is 114 Å². The fourth-order valence-corrected chi connectivity index (χ4v) is 1.33. The van der Waals surface area contributed by atoms with Gasteiger partial charge in [-0.15, -0.1) is 0 Å². The number of nitrogens with one attached hydrogen (secondary N) is 2. The molecule has 0 saturated heterocycles. The largest absolute Gasteiger partial charge is 0.459 e. The van der Waals surface area contributed by atoms with Gasteiger partial charge in [-0.25, -0.2) is 5.43 Å². The van der Waals surface area contributed by atoms with E-state index in [9.17, 15) is 9.59 Å². The van der Waals surface area contributed by atoms with E-state index in [1.807, 2.05) is 0 Å². The monoisotopic (exact) mass is 272 g/mol. The minimum Gasteiger partial charge on any atom is -0.459 e. The molecule has 0 aliphatic carbocycles. The summed E-state index contributed by atoms with van der Waals surface area (Å²) in [6.07, 6.45) is 6.08. The number of hydrazone groups is 1. The molecule has 7 heteroatoms. The van der Waals surface area contributed by atoms with Crippen LogP contribution in [0, 0.1) is 0 Å². The molecule has 0 unspecified atom stereocenters. The van der Waals surface area contributed by atoms with Gasteiger partial charge in [-0.1, -0.05) is 6.07 Å². The van der Waals surface area contributed by atoms with Gasteiger partial charge in [0.15, 0.2) is 5.76 Å². The highest BCUT2D eigenvalue weighted by Gasteiger charge is 2.09. The molecule has 2 aromatic heterocycles. The van der Waals surface area contributed by atoms with Crippen LogP contribution in [0.4, 0.5) is 0 Å². The van der Waals surface area contributed by atoms with E-state index >= 15 is 0 Å². The minimum atomic E-state index is -0.457. The molecule has 2 N–H and O–H groups in total. The lowest BCUT2D eigenvalue weighted by Crippen LogP contribution is -2.34. The molecule has 0 atom stereocenters. The average molecular weight is 272 g/mol. The first-order valence-corrected chi connectivity index (χ1v) is 5.79. The first-order chi connectivity index (χ1) is 9.75. The Kier molecular flexibility index (Phi) is 4.60. The molecule has 0 fully saturated rings. The van der Waals surface area contributed by atoms with Gasteiger partial charge in [-0.3, -0.25) is 14.6 Å². The Hall–Kier alpha value is -2.96. The summed E-state index contributed by atoms with van der Waals surface area (Å²) >= 11 is 0. The molecule has 0 aliphatic rings. The summed E-state index contributed by atoms with van der Waals surface area (Å²) in [6, 6.07) is 6.65. The number of nitrogens with zero attached hydrogens (tertiary/aromatic N) is 2. The number of carbonyl (C=O) groups excluding carboxylic acids is 2.